The number of para-hydroxylation sites is 2. The van der Waals surface area contributed by atoms with Gasteiger partial charge in [-0.1, -0.05) is 42.5 Å². The topological polar surface area (TPSA) is 69.7 Å². The second-order valence-electron chi connectivity index (χ2n) is 7.05. The Bertz CT molecular complexity index is 960. The van der Waals surface area contributed by atoms with Crippen LogP contribution in [0.15, 0.2) is 72.9 Å². The van der Waals surface area contributed by atoms with Gasteiger partial charge in [0.05, 0.1) is 5.92 Å². The van der Waals surface area contributed by atoms with Crippen LogP contribution in [0.25, 0.3) is 0 Å². The molecule has 2 heterocycles. The van der Waals surface area contributed by atoms with Gasteiger partial charge in [0.1, 0.15) is 31.3 Å². The molecule has 1 unspecified atom stereocenters. The lowest BCUT2D eigenvalue weighted by atomic mass is 9.96. The Kier molecular flexibility index (Phi) is 6.44. The van der Waals surface area contributed by atoms with E-state index in [-0.39, 0.29) is 11.8 Å². The van der Waals surface area contributed by atoms with Gasteiger partial charge in [-0.2, -0.15) is 0 Å². The summed E-state index contributed by atoms with van der Waals surface area (Å²) in [6.45, 7) is 1.66. The van der Waals surface area contributed by atoms with Crippen LogP contribution < -0.4 is 19.5 Å². The number of rotatable bonds is 8. The molecular formula is C24H24N2O4. The van der Waals surface area contributed by atoms with Crippen LogP contribution in [-0.2, 0) is 17.8 Å². The van der Waals surface area contributed by atoms with E-state index in [1.165, 1.54) is 0 Å². The molecule has 0 aliphatic carbocycles. The molecule has 0 saturated heterocycles. The molecule has 6 nitrogen and oxygen atoms in total. The lowest BCUT2D eigenvalue weighted by molar-refractivity contribution is -0.126. The summed E-state index contributed by atoms with van der Waals surface area (Å²) in [7, 11) is 0. The highest BCUT2D eigenvalue weighted by Crippen LogP contribution is 2.26. The maximum absolute atomic E-state index is 12.5. The van der Waals surface area contributed by atoms with Gasteiger partial charge in [0.15, 0.2) is 0 Å². The number of fused-ring (bicyclic) bond motifs is 1. The van der Waals surface area contributed by atoms with Crippen molar-refractivity contribution in [1.82, 2.24) is 10.3 Å². The van der Waals surface area contributed by atoms with Gasteiger partial charge in [-0.05, 0) is 35.7 Å². The van der Waals surface area contributed by atoms with Crippen LogP contribution in [0.2, 0.25) is 0 Å². The van der Waals surface area contributed by atoms with Crippen molar-refractivity contribution in [1.29, 1.82) is 0 Å². The number of nitrogens with one attached hydrogen (secondary N) is 1. The van der Waals surface area contributed by atoms with E-state index in [0.717, 1.165) is 22.6 Å². The van der Waals surface area contributed by atoms with Crippen molar-refractivity contribution in [2.75, 3.05) is 19.8 Å². The van der Waals surface area contributed by atoms with Crippen LogP contribution in [0.3, 0.4) is 0 Å². The largest absolute Gasteiger partial charge is 0.492 e. The molecule has 30 heavy (non-hydrogen) atoms. The summed E-state index contributed by atoms with van der Waals surface area (Å²) in [5.74, 6) is 2.02. The molecule has 6 heteroatoms. The number of hydrogen-bond acceptors (Lipinski definition) is 5. The van der Waals surface area contributed by atoms with Crippen molar-refractivity contribution in [3.05, 3.63) is 84.1 Å². The molecule has 1 aliphatic rings. The number of hydrogen-bond donors (Lipinski definition) is 1. The molecule has 1 N–H and O–H groups in total. The smallest absolute Gasteiger partial charge is 0.227 e. The SMILES string of the molecule is O=C(NCc1ccc(OCCOc2ccccc2)nc1)C1COc2ccccc2C1. The summed E-state index contributed by atoms with van der Waals surface area (Å²) in [5, 5.41) is 2.97. The maximum Gasteiger partial charge on any atom is 0.227 e. The van der Waals surface area contributed by atoms with Crippen LogP contribution in [0.1, 0.15) is 11.1 Å². The third-order valence-electron chi connectivity index (χ3n) is 4.86. The fourth-order valence-corrected chi connectivity index (χ4v) is 3.25. The van der Waals surface area contributed by atoms with Crippen LogP contribution in [0.4, 0.5) is 0 Å². The molecule has 4 rings (SSSR count). The third-order valence-corrected chi connectivity index (χ3v) is 4.86. The van der Waals surface area contributed by atoms with Crippen molar-refractivity contribution in [2.24, 2.45) is 5.92 Å². The Morgan fingerprint density at radius 3 is 2.63 bits per heavy atom. The molecule has 0 fully saturated rings. The molecule has 154 valence electrons. The monoisotopic (exact) mass is 404 g/mol. The number of carbonyl (C=O) groups is 1. The molecule has 1 aromatic heterocycles. The maximum atomic E-state index is 12.5. The zero-order valence-electron chi connectivity index (χ0n) is 16.6. The van der Waals surface area contributed by atoms with Crippen LogP contribution in [-0.4, -0.2) is 30.7 Å². The summed E-state index contributed by atoms with van der Waals surface area (Å²) in [5.41, 5.74) is 1.98. The molecule has 1 aliphatic heterocycles. The number of aromatic nitrogens is 1. The fourth-order valence-electron chi connectivity index (χ4n) is 3.25. The second-order valence-corrected chi connectivity index (χ2v) is 7.05. The van der Waals surface area contributed by atoms with E-state index in [2.05, 4.69) is 10.3 Å². The summed E-state index contributed by atoms with van der Waals surface area (Å²) >= 11 is 0. The van der Waals surface area contributed by atoms with Crippen LogP contribution in [0, 0.1) is 5.92 Å². The van der Waals surface area contributed by atoms with E-state index in [9.17, 15) is 4.79 Å². The van der Waals surface area contributed by atoms with Crippen molar-refractivity contribution in [3.8, 4) is 17.4 Å². The van der Waals surface area contributed by atoms with E-state index in [0.29, 0.717) is 38.7 Å². The molecule has 0 spiro atoms. The molecule has 2 aromatic carbocycles. The first kappa shape index (κ1) is 19.8. The molecule has 3 aromatic rings. The quantitative estimate of drug-likeness (QED) is 0.583. The number of amides is 1. The number of ether oxygens (including phenoxy) is 3. The lowest BCUT2D eigenvalue weighted by Crippen LogP contribution is -2.37. The van der Waals surface area contributed by atoms with E-state index in [4.69, 9.17) is 14.2 Å². The van der Waals surface area contributed by atoms with E-state index in [1.54, 1.807) is 12.3 Å². The zero-order chi connectivity index (χ0) is 20.6. The van der Waals surface area contributed by atoms with Gasteiger partial charge in [0, 0.05) is 18.8 Å². The van der Waals surface area contributed by atoms with Crippen molar-refractivity contribution in [2.45, 2.75) is 13.0 Å². The minimum absolute atomic E-state index is 0.0112. The number of carbonyl (C=O) groups excluding carboxylic acids is 1. The van der Waals surface area contributed by atoms with Gasteiger partial charge >= 0.3 is 0 Å². The first-order valence-electron chi connectivity index (χ1n) is 10.0. The fraction of sp³-hybridized carbons (Fsp3) is 0.250. The lowest BCUT2D eigenvalue weighted by Gasteiger charge is -2.24. The van der Waals surface area contributed by atoms with E-state index < -0.39 is 0 Å². The standard InChI is InChI=1S/C24H24N2O4/c27-24(20-14-19-6-4-5-9-22(19)30-17-20)26-16-18-10-11-23(25-15-18)29-13-12-28-21-7-2-1-3-8-21/h1-11,15,20H,12-14,16-17H2,(H,26,27). The van der Waals surface area contributed by atoms with Gasteiger partial charge < -0.3 is 19.5 Å². The molecule has 0 saturated carbocycles. The van der Waals surface area contributed by atoms with Crippen LogP contribution in [0.5, 0.6) is 17.4 Å². The Labute approximate surface area is 175 Å². The zero-order valence-corrected chi connectivity index (χ0v) is 16.6. The Morgan fingerprint density at radius 2 is 1.80 bits per heavy atom. The van der Waals surface area contributed by atoms with Gasteiger partial charge in [0.25, 0.3) is 0 Å². The average Bonchev–Trinajstić information content (AvgIpc) is 2.81. The minimum Gasteiger partial charge on any atom is -0.492 e. The number of benzene rings is 2. The third kappa shape index (κ3) is 5.29. The Balaban J connectivity index is 1.19. The minimum atomic E-state index is -0.180. The van der Waals surface area contributed by atoms with Gasteiger partial charge in [-0.3, -0.25) is 4.79 Å². The number of pyridine rings is 1. The second kappa shape index (κ2) is 9.78. The summed E-state index contributed by atoms with van der Waals surface area (Å²) < 4.78 is 16.9. The van der Waals surface area contributed by atoms with Crippen molar-refractivity contribution in [3.63, 3.8) is 0 Å². The molecule has 1 amide bonds. The van der Waals surface area contributed by atoms with Crippen LogP contribution >= 0.6 is 0 Å². The Morgan fingerprint density at radius 1 is 1.00 bits per heavy atom. The molecule has 0 bridgehead atoms. The van der Waals surface area contributed by atoms with Crippen molar-refractivity contribution < 1.29 is 19.0 Å². The Hall–Kier alpha value is -3.54. The normalized spacial score (nSPS) is 14.9. The van der Waals surface area contributed by atoms with E-state index in [1.807, 2.05) is 60.7 Å². The van der Waals surface area contributed by atoms with E-state index >= 15 is 0 Å². The first-order chi connectivity index (χ1) is 14.8. The summed E-state index contributed by atoms with van der Waals surface area (Å²) in [6.07, 6.45) is 2.40. The van der Waals surface area contributed by atoms with Gasteiger partial charge in [-0.15, -0.1) is 0 Å². The highest BCUT2D eigenvalue weighted by Gasteiger charge is 2.25. The first-order valence-corrected chi connectivity index (χ1v) is 10.0. The average molecular weight is 404 g/mol. The molecular weight excluding hydrogens is 380 g/mol. The number of nitrogens with zero attached hydrogens (tertiary/aromatic N) is 1. The summed E-state index contributed by atoms with van der Waals surface area (Å²) in [4.78, 5) is 16.8. The highest BCUT2D eigenvalue weighted by atomic mass is 16.5. The molecule has 0 radical (unpaired) electrons. The van der Waals surface area contributed by atoms with Gasteiger partial charge in [0.2, 0.25) is 11.8 Å². The highest BCUT2D eigenvalue weighted by molar-refractivity contribution is 5.79. The van der Waals surface area contributed by atoms with Crippen molar-refractivity contribution >= 4 is 5.91 Å². The summed E-state index contributed by atoms with van der Waals surface area (Å²) in [6, 6.07) is 21.1. The predicted octanol–water partition coefficient (Wildman–Crippen LogP) is 3.41. The molecule has 1 atom stereocenters. The van der Waals surface area contributed by atoms with Gasteiger partial charge in [-0.25, -0.2) is 4.98 Å². The predicted molar refractivity (Wildman–Crippen MR) is 113 cm³/mol.